The van der Waals surface area contributed by atoms with Crippen molar-refractivity contribution in [3.8, 4) is 5.75 Å². The summed E-state index contributed by atoms with van der Waals surface area (Å²) in [6.07, 6.45) is -4.26. The Morgan fingerprint density at radius 1 is 1.15 bits per heavy atom. The van der Waals surface area contributed by atoms with Crippen molar-refractivity contribution in [2.24, 2.45) is 0 Å². The van der Waals surface area contributed by atoms with Crippen LogP contribution in [0.4, 0.5) is 14.6 Å². The molecule has 1 saturated heterocycles. The van der Waals surface area contributed by atoms with Crippen LogP contribution in [0.1, 0.15) is 25.1 Å². The molecule has 0 aliphatic carbocycles. The summed E-state index contributed by atoms with van der Waals surface area (Å²) in [6, 6.07) is 17.8. The van der Waals surface area contributed by atoms with Crippen molar-refractivity contribution < 1.29 is 37.3 Å². The molecule has 13 heteroatoms. The molecule has 11 nitrogen and oxygen atoms in total. The van der Waals surface area contributed by atoms with E-state index in [0.29, 0.717) is 10.3 Å². The number of benzene rings is 2. The molecular weight excluding hydrogens is 542 g/mol. The van der Waals surface area contributed by atoms with E-state index in [1.807, 2.05) is 6.07 Å². The van der Waals surface area contributed by atoms with Crippen molar-refractivity contribution >= 4 is 17.6 Å². The van der Waals surface area contributed by atoms with E-state index in [4.69, 9.17) is 24.7 Å². The summed E-state index contributed by atoms with van der Waals surface area (Å²) >= 11 is 0. The Balaban J connectivity index is 1.40. The second kappa shape index (κ2) is 13.4. The quantitative estimate of drug-likeness (QED) is 0.232. The van der Waals surface area contributed by atoms with Crippen LogP contribution in [0.15, 0.2) is 77.7 Å². The first-order valence-electron chi connectivity index (χ1n) is 12.8. The molecule has 1 aliphatic heterocycles. The second-order valence-corrected chi connectivity index (χ2v) is 9.38. The molecule has 1 unspecified atom stereocenters. The van der Waals surface area contributed by atoms with Gasteiger partial charge in [0.1, 0.15) is 24.2 Å². The van der Waals surface area contributed by atoms with E-state index in [1.165, 1.54) is 13.0 Å². The van der Waals surface area contributed by atoms with E-state index in [1.54, 1.807) is 54.6 Å². The highest BCUT2D eigenvalue weighted by molar-refractivity contribution is 5.85. The molecule has 4 rings (SSSR count). The van der Waals surface area contributed by atoms with Gasteiger partial charge in [-0.2, -0.15) is 4.98 Å². The summed E-state index contributed by atoms with van der Waals surface area (Å²) in [5.74, 6) is -4.38. The molecule has 1 aromatic heterocycles. The molecule has 4 atom stereocenters. The molecular formula is C28H30F2N4O7. The topological polar surface area (TPSA) is 144 Å². The number of carbonyl (C=O) groups is 2. The van der Waals surface area contributed by atoms with Crippen LogP contribution in [0.2, 0.25) is 0 Å². The molecule has 0 radical (unpaired) electrons. The van der Waals surface area contributed by atoms with Crippen LogP contribution in [0.5, 0.6) is 5.75 Å². The summed E-state index contributed by atoms with van der Waals surface area (Å²) < 4.78 is 52.1. The molecule has 0 saturated carbocycles. The summed E-state index contributed by atoms with van der Waals surface area (Å²) in [5, 5.41) is 2.74. The third-order valence-corrected chi connectivity index (χ3v) is 6.13. The van der Waals surface area contributed by atoms with Crippen LogP contribution < -0.4 is 21.5 Å². The van der Waals surface area contributed by atoms with Crippen molar-refractivity contribution in [2.75, 3.05) is 18.9 Å². The summed E-state index contributed by atoms with van der Waals surface area (Å²) in [6.45, 7) is 0.619. The fraction of sp³-hybridized carbons (Fsp3) is 0.357. The maximum Gasteiger partial charge on any atom is 0.351 e. The number of ether oxygens (including phenoxy) is 4. The third kappa shape index (κ3) is 8.16. The van der Waals surface area contributed by atoms with Gasteiger partial charge in [-0.15, -0.1) is 0 Å². The number of para-hydroxylation sites is 1. The highest BCUT2D eigenvalue weighted by Crippen LogP contribution is 2.42. The zero-order chi connectivity index (χ0) is 29.4. The number of halogens is 2. The molecule has 2 heterocycles. The van der Waals surface area contributed by atoms with Gasteiger partial charge in [-0.05, 0) is 30.7 Å². The lowest BCUT2D eigenvalue weighted by Gasteiger charge is -2.23. The minimum Gasteiger partial charge on any atom is -0.486 e. The number of anilines is 1. The van der Waals surface area contributed by atoms with Crippen LogP contribution in [0.25, 0.3) is 0 Å². The van der Waals surface area contributed by atoms with Crippen molar-refractivity contribution in [3.63, 3.8) is 0 Å². The standard InChI is InChI=1S/C28H30F2N4O7/c1-18(25(36)40-15-19-8-4-2-5-9-19)32-24(22(35)17-38-20-10-6-3-7-11-20)39-16-21-14-28(29,30)26(41-21)34-13-12-23(31)33-27(34)37/h2-13,18,21,24,26,32H,14-17H2,1H3,(H2,31,33,37)/t18-,21-,24?,26+/m0/s1. The van der Waals surface area contributed by atoms with Crippen molar-refractivity contribution in [1.29, 1.82) is 0 Å². The number of alkyl halides is 2. The Labute approximate surface area is 234 Å². The van der Waals surface area contributed by atoms with Gasteiger partial charge in [0.2, 0.25) is 12.0 Å². The Morgan fingerprint density at radius 2 is 1.83 bits per heavy atom. The van der Waals surface area contributed by atoms with Gasteiger partial charge in [0.25, 0.3) is 5.92 Å². The van der Waals surface area contributed by atoms with Crippen LogP contribution in [0.3, 0.4) is 0 Å². The predicted octanol–water partition coefficient (Wildman–Crippen LogP) is 2.46. The molecule has 0 amide bonds. The van der Waals surface area contributed by atoms with Gasteiger partial charge < -0.3 is 24.7 Å². The van der Waals surface area contributed by atoms with E-state index in [0.717, 1.165) is 11.8 Å². The molecule has 0 bridgehead atoms. The largest absolute Gasteiger partial charge is 0.486 e. The number of hydrogen-bond acceptors (Lipinski definition) is 10. The normalized spacial score (nSPS) is 19.3. The summed E-state index contributed by atoms with van der Waals surface area (Å²) in [5.41, 5.74) is 5.23. The van der Waals surface area contributed by atoms with E-state index < -0.39 is 67.6 Å². The molecule has 2 aromatic carbocycles. The number of nitrogens with zero attached hydrogens (tertiary/aromatic N) is 2. The maximum atomic E-state index is 14.8. The lowest BCUT2D eigenvalue weighted by atomic mass is 10.2. The lowest BCUT2D eigenvalue weighted by Crippen LogP contribution is -2.49. The molecule has 3 N–H and O–H groups in total. The Kier molecular flexibility index (Phi) is 9.76. The average Bonchev–Trinajstić information content (AvgIpc) is 3.27. The molecule has 1 fully saturated rings. The van der Waals surface area contributed by atoms with Gasteiger partial charge in [0.15, 0.2) is 12.8 Å². The van der Waals surface area contributed by atoms with E-state index in [2.05, 4.69) is 10.3 Å². The number of Topliss-reactive ketones (excluding diaryl/α,β-unsaturated/α-hetero) is 1. The van der Waals surface area contributed by atoms with Gasteiger partial charge in [0, 0.05) is 12.6 Å². The maximum absolute atomic E-state index is 14.8. The fourth-order valence-corrected chi connectivity index (χ4v) is 4.04. The van der Waals surface area contributed by atoms with Gasteiger partial charge in [-0.1, -0.05) is 48.5 Å². The van der Waals surface area contributed by atoms with Crippen LogP contribution >= 0.6 is 0 Å². The number of hydrogen-bond donors (Lipinski definition) is 2. The number of nitrogens with two attached hydrogens (primary N) is 1. The fourth-order valence-electron chi connectivity index (χ4n) is 4.04. The zero-order valence-corrected chi connectivity index (χ0v) is 22.2. The molecule has 3 aromatic rings. The Morgan fingerprint density at radius 3 is 2.51 bits per heavy atom. The number of carbonyl (C=O) groups excluding carboxylic acids is 2. The first-order chi connectivity index (χ1) is 19.6. The van der Waals surface area contributed by atoms with Crippen LogP contribution in [0, 0.1) is 0 Å². The summed E-state index contributed by atoms with van der Waals surface area (Å²) in [4.78, 5) is 41.2. The Hall–Kier alpha value is -4.20. The molecule has 1 aliphatic rings. The molecule has 0 spiro atoms. The van der Waals surface area contributed by atoms with E-state index >= 15 is 0 Å². The number of ketones is 1. The number of aromatic nitrogens is 2. The van der Waals surface area contributed by atoms with Crippen molar-refractivity contribution in [1.82, 2.24) is 14.9 Å². The summed E-state index contributed by atoms with van der Waals surface area (Å²) in [7, 11) is 0. The van der Waals surface area contributed by atoms with E-state index in [-0.39, 0.29) is 12.4 Å². The minimum atomic E-state index is -3.44. The van der Waals surface area contributed by atoms with Crippen LogP contribution in [-0.2, 0) is 30.4 Å². The third-order valence-electron chi connectivity index (χ3n) is 6.13. The predicted molar refractivity (Wildman–Crippen MR) is 142 cm³/mol. The van der Waals surface area contributed by atoms with Gasteiger partial charge in [-0.25, -0.2) is 13.6 Å². The van der Waals surface area contributed by atoms with Crippen LogP contribution in [-0.4, -0.2) is 58.8 Å². The highest BCUT2D eigenvalue weighted by atomic mass is 19.3. The number of nitrogens with one attached hydrogen (secondary N) is 1. The minimum absolute atomic E-state index is 0.0219. The molecule has 218 valence electrons. The smallest absolute Gasteiger partial charge is 0.351 e. The molecule has 41 heavy (non-hydrogen) atoms. The monoisotopic (exact) mass is 572 g/mol. The number of nitrogen functional groups attached to an aromatic ring is 1. The second-order valence-electron chi connectivity index (χ2n) is 9.38. The number of esters is 1. The first kappa shape index (κ1) is 29.8. The lowest BCUT2D eigenvalue weighted by molar-refractivity contribution is -0.152. The van der Waals surface area contributed by atoms with Gasteiger partial charge >= 0.3 is 11.7 Å². The first-order valence-corrected chi connectivity index (χ1v) is 12.8. The average molecular weight is 573 g/mol. The highest BCUT2D eigenvalue weighted by Gasteiger charge is 2.52. The zero-order valence-electron chi connectivity index (χ0n) is 22.2. The van der Waals surface area contributed by atoms with Gasteiger partial charge in [-0.3, -0.25) is 19.5 Å². The number of rotatable bonds is 13. The van der Waals surface area contributed by atoms with E-state index in [9.17, 15) is 23.2 Å². The SMILES string of the molecule is C[C@H](NC(OC[C@@H]1CC(F)(F)[C@H](n2ccc(N)nc2=O)O1)C(=O)COc1ccccc1)C(=O)OCc1ccccc1. The Bertz CT molecular complexity index is 1370. The van der Waals surface area contributed by atoms with Crippen molar-refractivity contribution in [2.45, 2.75) is 50.5 Å². The van der Waals surface area contributed by atoms with Crippen molar-refractivity contribution in [3.05, 3.63) is 89.0 Å². The van der Waals surface area contributed by atoms with Gasteiger partial charge in [0.05, 0.1) is 12.7 Å².